The third-order valence-electron chi connectivity index (χ3n) is 7.58. The number of esters is 1. The van der Waals surface area contributed by atoms with Crippen LogP contribution in [0.1, 0.15) is 38.3 Å². The number of hydrogen-bond donors (Lipinski definition) is 2. The number of aryl methyl sites for hydroxylation is 2. The number of para-hydroxylation sites is 1. The lowest BCUT2D eigenvalue weighted by Gasteiger charge is -2.38. The van der Waals surface area contributed by atoms with E-state index in [0.29, 0.717) is 12.1 Å². The molecule has 1 unspecified atom stereocenters. The van der Waals surface area contributed by atoms with E-state index >= 15 is 0 Å². The number of alkyl halides is 1. The highest BCUT2D eigenvalue weighted by Gasteiger charge is 2.77. The summed E-state index contributed by atoms with van der Waals surface area (Å²) < 4.78 is 11.7. The lowest BCUT2D eigenvalue weighted by molar-refractivity contribution is -0.155. The summed E-state index contributed by atoms with van der Waals surface area (Å²) in [7, 11) is 0. The number of ether oxygens (including phenoxy) is 2. The Labute approximate surface area is 208 Å². The van der Waals surface area contributed by atoms with Gasteiger partial charge in [-0.1, -0.05) is 48.0 Å². The van der Waals surface area contributed by atoms with Crippen LogP contribution in [0.3, 0.4) is 0 Å². The molecular weight excluding hydrogens is 504 g/mol. The topological polar surface area (TPSA) is 105 Å². The highest BCUT2D eigenvalue weighted by molar-refractivity contribution is 9.09. The van der Waals surface area contributed by atoms with Crippen LogP contribution in [0, 0.1) is 31.6 Å². The molecule has 9 heteroatoms. The molecule has 3 aliphatic rings. The molecule has 1 aromatic carbocycles. The average molecular weight is 537 g/mol. The number of amides is 2. The molecule has 1 spiro atoms. The molecule has 2 bridgehead atoms. The summed E-state index contributed by atoms with van der Waals surface area (Å²) in [5.41, 5.74) is 1.31. The van der Waals surface area contributed by atoms with Crippen molar-refractivity contribution in [2.75, 3.05) is 18.5 Å². The molecule has 186 valence electrons. The minimum atomic E-state index is -1.18. The van der Waals surface area contributed by atoms with Gasteiger partial charge in [0, 0.05) is 10.5 Å². The summed E-state index contributed by atoms with van der Waals surface area (Å²) in [5, 5.41) is 13.3. The molecule has 8 nitrogen and oxygen atoms in total. The normalized spacial score (nSPS) is 32.8. The molecule has 0 aliphatic carbocycles. The van der Waals surface area contributed by atoms with Crippen molar-refractivity contribution in [2.45, 2.75) is 69.7 Å². The fourth-order valence-electron chi connectivity index (χ4n) is 6.06. The zero-order valence-electron chi connectivity index (χ0n) is 20.2. The number of fused-ring (bicyclic) bond motifs is 1. The molecule has 3 aliphatic heterocycles. The lowest BCUT2D eigenvalue weighted by atomic mass is 9.70. The van der Waals surface area contributed by atoms with Crippen LogP contribution in [0.2, 0.25) is 0 Å². The third kappa shape index (κ3) is 3.67. The van der Waals surface area contributed by atoms with Gasteiger partial charge in [-0.05, 0) is 44.2 Å². The number of aliphatic hydroxyl groups is 1. The Morgan fingerprint density at radius 3 is 2.53 bits per heavy atom. The van der Waals surface area contributed by atoms with Crippen molar-refractivity contribution in [3.63, 3.8) is 0 Å². The summed E-state index contributed by atoms with van der Waals surface area (Å²) in [6.07, 6.45) is -0.154. The van der Waals surface area contributed by atoms with Gasteiger partial charge in [-0.2, -0.15) is 0 Å². The second-order valence-electron chi connectivity index (χ2n) is 9.91. The van der Waals surface area contributed by atoms with Gasteiger partial charge in [-0.3, -0.25) is 14.4 Å². The molecule has 7 atom stereocenters. The van der Waals surface area contributed by atoms with Gasteiger partial charge in [0.25, 0.3) is 0 Å². The van der Waals surface area contributed by atoms with Crippen molar-refractivity contribution in [1.82, 2.24) is 4.90 Å². The van der Waals surface area contributed by atoms with Gasteiger partial charge >= 0.3 is 5.97 Å². The van der Waals surface area contributed by atoms with E-state index in [-0.39, 0.29) is 35.8 Å². The van der Waals surface area contributed by atoms with Crippen LogP contribution in [0.5, 0.6) is 0 Å². The molecule has 0 radical (unpaired) electrons. The van der Waals surface area contributed by atoms with Crippen LogP contribution in [-0.4, -0.2) is 69.6 Å². The predicted octanol–water partition coefficient (Wildman–Crippen LogP) is 2.57. The fourth-order valence-corrected chi connectivity index (χ4v) is 7.00. The van der Waals surface area contributed by atoms with Gasteiger partial charge in [-0.15, -0.1) is 0 Å². The number of aliphatic hydroxyl groups excluding tert-OH is 1. The number of carbonyl (C=O) groups is 3. The van der Waals surface area contributed by atoms with Gasteiger partial charge in [0.2, 0.25) is 11.8 Å². The standard InChI is InChI=1S/C25H33BrN2O6/c1-6-33-24(32)17-18-23(31)28(16(11-29)12(2)3)21(25(18)10-15(26)20(17)34-25)22(30)27-19-13(4)8-7-9-14(19)5/h7-9,12,15-18,20-21,29H,6,10-11H2,1-5H3,(H,27,30)/t15?,16-,17-,18+,20-,21-,25+/m0/s1. The lowest BCUT2D eigenvalue weighted by Crippen LogP contribution is -2.57. The number of nitrogens with one attached hydrogen (secondary N) is 1. The minimum absolute atomic E-state index is 0.113. The molecule has 2 N–H and O–H groups in total. The summed E-state index contributed by atoms with van der Waals surface area (Å²) >= 11 is 3.63. The fraction of sp³-hybridized carbons (Fsp3) is 0.640. The Morgan fingerprint density at radius 2 is 1.97 bits per heavy atom. The number of carbonyl (C=O) groups excluding carboxylic acids is 3. The highest BCUT2D eigenvalue weighted by atomic mass is 79.9. The summed E-state index contributed by atoms with van der Waals surface area (Å²) in [6.45, 7) is 9.23. The largest absolute Gasteiger partial charge is 0.466 e. The van der Waals surface area contributed by atoms with E-state index in [2.05, 4.69) is 21.2 Å². The second kappa shape index (κ2) is 9.24. The first-order valence-corrected chi connectivity index (χ1v) is 12.8. The van der Waals surface area contributed by atoms with Crippen molar-refractivity contribution in [3.05, 3.63) is 29.3 Å². The van der Waals surface area contributed by atoms with E-state index < -0.39 is 41.6 Å². The molecule has 1 aromatic rings. The number of anilines is 1. The predicted molar refractivity (Wildman–Crippen MR) is 129 cm³/mol. The SMILES string of the molecule is CCOC(=O)[C@@H]1[C@H]2O[C@@]3(CC2Br)[C@H](C(=O)Nc2c(C)cccc2C)N([C@@H](CO)C(C)C)C(=O)[C@@H]13. The Balaban J connectivity index is 1.81. The van der Waals surface area contributed by atoms with E-state index in [1.54, 1.807) is 6.92 Å². The van der Waals surface area contributed by atoms with Crippen molar-refractivity contribution >= 4 is 39.4 Å². The molecule has 3 saturated heterocycles. The van der Waals surface area contributed by atoms with Crippen molar-refractivity contribution in [2.24, 2.45) is 17.8 Å². The van der Waals surface area contributed by atoms with Gasteiger partial charge < -0.3 is 24.8 Å². The monoisotopic (exact) mass is 536 g/mol. The van der Waals surface area contributed by atoms with Crippen LogP contribution in [0.25, 0.3) is 0 Å². The summed E-state index contributed by atoms with van der Waals surface area (Å²) in [4.78, 5) is 42.1. The number of benzene rings is 1. The zero-order chi connectivity index (χ0) is 24.9. The number of halogens is 1. The Kier molecular flexibility index (Phi) is 6.83. The molecule has 3 fully saturated rings. The van der Waals surface area contributed by atoms with Gasteiger partial charge in [0.1, 0.15) is 11.6 Å². The van der Waals surface area contributed by atoms with Gasteiger partial charge in [0.05, 0.1) is 37.2 Å². The van der Waals surface area contributed by atoms with Gasteiger partial charge in [0.15, 0.2) is 0 Å². The Bertz CT molecular complexity index is 979. The van der Waals surface area contributed by atoms with Crippen LogP contribution in [0.4, 0.5) is 5.69 Å². The van der Waals surface area contributed by atoms with E-state index in [0.717, 1.165) is 11.1 Å². The third-order valence-corrected chi connectivity index (χ3v) is 8.42. The van der Waals surface area contributed by atoms with E-state index in [1.165, 1.54) is 4.90 Å². The first kappa shape index (κ1) is 25.1. The van der Waals surface area contributed by atoms with Crippen LogP contribution in [0.15, 0.2) is 18.2 Å². The van der Waals surface area contributed by atoms with E-state index in [9.17, 15) is 19.5 Å². The van der Waals surface area contributed by atoms with Crippen LogP contribution >= 0.6 is 15.9 Å². The van der Waals surface area contributed by atoms with E-state index in [4.69, 9.17) is 9.47 Å². The summed E-state index contributed by atoms with van der Waals surface area (Å²) in [6, 6.07) is 4.15. The number of likely N-dealkylation sites (tertiary alicyclic amines) is 1. The molecule has 0 saturated carbocycles. The van der Waals surface area contributed by atoms with Gasteiger partial charge in [-0.25, -0.2) is 0 Å². The molecule has 4 rings (SSSR count). The maximum absolute atomic E-state index is 14.0. The van der Waals surface area contributed by atoms with Crippen molar-refractivity contribution in [3.8, 4) is 0 Å². The van der Waals surface area contributed by atoms with Crippen molar-refractivity contribution < 1.29 is 29.0 Å². The average Bonchev–Trinajstić information content (AvgIpc) is 3.35. The highest BCUT2D eigenvalue weighted by Crippen LogP contribution is 2.60. The maximum atomic E-state index is 14.0. The maximum Gasteiger partial charge on any atom is 0.312 e. The quantitative estimate of drug-likeness (QED) is 0.409. The van der Waals surface area contributed by atoms with Crippen molar-refractivity contribution in [1.29, 1.82) is 0 Å². The van der Waals surface area contributed by atoms with E-state index in [1.807, 2.05) is 45.9 Å². The molecule has 34 heavy (non-hydrogen) atoms. The zero-order valence-corrected chi connectivity index (χ0v) is 21.8. The molecule has 0 aromatic heterocycles. The Morgan fingerprint density at radius 1 is 1.32 bits per heavy atom. The first-order chi connectivity index (χ1) is 16.1. The minimum Gasteiger partial charge on any atom is -0.466 e. The number of nitrogens with zero attached hydrogens (tertiary/aromatic N) is 1. The Hall–Kier alpha value is -1.97. The number of hydrogen-bond acceptors (Lipinski definition) is 6. The number of rotatable bonds is 7. The van der Waals surface area contributed by atoms with Crippen LogP contribution < -0.4 is 5.32 Å². The smallest absolute Gasteiger partial charge is 0.312 e. The molecular formula is C25H33BrN2O6. The van der Waals surface area contributed by atoms with Crippen LogP contribution in [-0.2, 0) is 23.9 Å². The molecule has 3 heterocycles. The summed E-state index contributed by atoms with van der Waals surface area (Å²) in [5.74, 6) is -2.97. The first-order valence-electron chi connectivity index (χ1n) is 11.9. The second-order valence-corrected chi connectivity index (χ2v) is 11.1. The molecule has 2 amide bonds.